The van der Waals surface area contributed by atoms with Gasteiger partial charge in [-0.1, -0.05) is 13.8 Å². The molecule has 0 spiro atoms. The minimum absolute atomic E-state index is 0.278. The first-order valence-electron chi connectivity index (χ1n) is 6.42. The third-order valence-electron chi connectivity index (χ3n) is 2.58. The second-order valence-electron chi connectivity index (χ2n) is 5.92. The largest absolute Gasteiger partial charge is 0.480 e. The van der Waals surface area contributed by atoms with Crippen LogP contribution in [0.4, 0.5) is 4.79 Å². The SMILES string of the molecule is CC(C)CCCNC(=O)N(CC(=O)O)C(C)(C)C. The van der Waals surface area contributed by atoms with E-state index in [1.54, 1.807) is 0 Å². The molecule has 0 aromatic rings. The number of carboxylic acids is 1. The molecule has 0 unspecified atom stereocenters. The van der Waals surface area contributed by atoms with Crippen LogP contribution in [0, 0.1) is 5.92 Å². The van der Waals surface area contributed by atoms with Gasteiger partial charge in [-0.05, 0) is 39.5 Å². The first-order chi connectivity index (χ1) is 8.14. The van der Waals surface area contributed by atoms with E-state index in [1.165, 1.54) is 4.90 Å². The summed E-state index contributed by atoms with van der Waals surface area (Å²) in [7, 11) is 0. The predicted molar refractivity (Wildman–Crippen MR) is 71.6 cm³/mol. The summed E-state index contributed by atoms with van der Waals surface area (Å²) in [5.41, 5.74) is -0.499. The van der Waals surface area contributed by atoms with Crippen LogP contribution < -0.4 is 5.32 Å². The van der Waals surface area contributed by atoms with Gasteiger partial charge < -0.3 is 15.3 Å². The molecule has 0 radical (unpaired) electrons. The monoisotopic (exact) mass is 258 g/mol. The molecule has 0 bridgehead atoms. The number of carbonyl (C=O) groups is 2. The van der Waals surface area contributed by atoms with Crippen molar-refractivity contribution in [1.29, 1.82) is 0 Å². The Hall–Kier alpha value is -1.26. The van der Waals surface area contributed by atoms with Crippen LogP contribution in [0.3, 0.4) is 0 Å². The zero-order chi connectivity index (χ0) is 14.3. The third kappa shape index (κ3) is 7.14. The van der Waals surface area contributed by atoms with Crippen molar-refractivity contribution in [2.75, 3.05) is 13.1 Å². The van der Waals surface area contributed by atoms with Gasteiger partial charge in [-0.15, -0.1) is 0 Å². The summed E-state index contributed by atoms with van der Waals surface area (Å²) in [5.74, 6) is -0.387. The van der Waals surface area contributed by atoms with Crippen molar-refractivity contribution < 1.29 is 14.7 Å². The van der Waals surface area contributed by atoms with Crippen LogP contribution in [0.1, 0.15) is 47.5 Å². The lowest BCUT2D eigenvalue weighted by Crippen LogP contribution is -2.52. The van der Waals surface area contributed by atoms with Gasteiger partial charge in [0.1, 0.15) is 6.54 Å². The molecule has 0 aromatic heterocycles. The molecule has 0 aliphatic carbocycles. The lowest BCUT2D eigenvalue weighted by Gasteiger charge is -2.34. The van der Waals surface area contributed by atoms with E-state index < -0.39 is 11.5 Å². The van der Waals surface area contributed by atoms with Gasteiger partial charge in [0.25, 0.3) is 0 Å². The third-order valence-corrected chi connectivity index (χ3v) is 2.58. The molecule has 0 aliphatic heterocycles. The molecule has 5 heteroatoms. The maximum atomic E-state index is 11.9. The second-order valence-corrected chi connectivity index (χ2v) is 5.92. The summed E-state index contributed by atoms with van der Waals surface area (Å²) >= 11 is 0. The Morgan fingerprint density at radius 1 is 1.28 bits per heavy atom. The van der Waals surface area contributed by atoms with Crippen LogP contribution in [0.25, 0.3) is 0 Å². The number of hydrogen-bond donors (Lipinski definition) is 2. The van der Waals surface area contributed by atoms with Crippen LogP contribution in [0.5, 0.6) is 0 Å². The summed E-state index contributed by atoms with van der Waals surface area (Å²) in [4.78, 5) is 24.0. The van der Waals surface area contributed by atoms with Crippen molar-refractivity contribution in [2.24, 2.45) is 5.92 Å². The first-order valence-corrected chi connectivity index (χ1v) is 6.42. The van der Waals surface area contributed by atoms with Crippen LogP contribution in [-0.4, -0.2) is 40.6 Å². The van der Waals surface area contributed by atoms with Gasteiger partial charge in [-0.25, -0.2) is 4.79 Å². The van der Waals surface area contributed by atoms with Gasteiger partial charge in [0.2, 0.25) is 0 Å². The Morgan fingerprint density at radius 2 is 1.83 bits per heavy atom. The van der Waals surface area contributed by atoms with Gasteiger partial charge in [0.15, 0.2) is 0 Å². The molecule has 0 fully saturated rings. The number of urea groups is 1. The zero-order valence-electron chi connectivity index (χ0n) is 12.1. The van der Waals surface area contributed by atoms with Crippen molar-refractivity contribution in [3.8, 4) is 0 Å². The van der Waals surface area contributed by atoms with Crippen LogP contribution in [0.15, 0.2) is 0 Å². The molecule has 5 nitrogen and oxygen atoms in total. The van der Waals surface area contributed by atoms with Crippen LogP contribution >= 0.6 is 0 Å². The van der Waals surface area contributed by atoms with Crippen molar-refractivity contribution >= 4 is 12.0 Å². The Kier molecular flexibility index (Phi) is 6.73. The van der Waals surface area contributed by atoms with Crippen molar-refractivity contribution in [1.82, 2.24) is 10.2 Å². The van der Waals surface area contributed by atoms with E-state index in [0.29, 0.717) is 12.5 Å². The van der Waals surface area contributed by atoms with Crippen molar-refractivity contribution in [3.63, 3.8) is 0 Å². The fourth-order valence-corrected chi connectivity index (χ4v) is 1.55. The van der Waals surface area contributed by atoms with E-state index in [9.17, 15) is 9.59 Å². The number of hydrogen-bond acceptors (Lipinski definition) is 2. The number of carbonyl (C=O) groups excluding carboxylic acids is 1. The summed E-state index contributed by atoms with van der Waals surface area (Å²) < 4.78 is 0. The Morgan fingerprint density at radius 3 is 2.22 bits per heavy atom. The molecular weight excluding hydrogens is 232 g/mol. The van der Waals surface area contributed by atoms with Gasteiger partial charge in [-0.2, -0.15) is 0 Å². The molecule has 0 atom stereocenters. The molecule has 2 N–H and O–H groups in total. The standard InChI is InChI=1S/C13H26N2O3/c1-10(2)7-6-8-14-12(18)15(9-11(16)17)13(3,4)5/h10H,6-9H2,1-5H3,(H,14,18)(H,16,17). The topological polar surface area (TPSA) is 69.6 Å². The molecule has 18 heavy (non-hydrogen) atoms. The van der Waals surface area contributed by atoms with E-state index in [-0.39, 0.29) is 12.6 Å². The molecule has 0 rings (SSSR count). The van der Waals surface area contributed by atoms with E-state index in [0.717, 1.165) is 12.8 Å². The van der Waals surface area contributed by atoms with Gasteiger partial charge in [-0.3, -0.25) is 4.79 Å². The maximum absolute atomic E-state index is 11.9. The lowest BCUT2D eigenvalue weighted by molar-refractivity contribution is -0.138. The molecule has 0 aliphatic rings. The average molecular weight is 258 g/mol. The fraction of sp³-hybridized carbons (Fsp3) is 0.846. The summed E-state index contributed by atoms with van der Waals surface area (Å²) in [5, 5.41) is 11.6. The van der Waals surface area contributed by atoms with Crippen LogP contribution in [-0.2, 0) is 4.79 Å². The minimum Gasteiger partial charge on any atom is -0.480 e. The summed E-state index contributed by atoms with van der Waals surface area (Å²) in [6.45, 7) is 10.0. The van der Waals surface area contributed by atoms with Gasteiger partial charge in [0.05, 0.1) is 0 Å². The molecule has 2 amide bonds. The molecular formula is C13H26N2O3. The predicted octanol–water partition coefficient (Wildman–Crippen LogP) is 2.32. The normalized spacial score (nSPS) is 11.4. The van der Waals surface area contributed by atoms with Crippen LogP contribution in [0.2, 0.25) is 0 Å². The molecule has 0 aromatic carbocycles. The smallest absolute Gasteiger partial charge is 0.323 e. The number of nitrogens with zero attached hydrogens (tertiary/aromatic N) is 1. The number of carboxylic acid groups (broad SMARTS) is 1. The number of amides is 2. The van der Waals surface area contributed by atoms with E-state index in [2.05, 4.69) is 19.2 Å². The summed E-state index contributed by atoms with van der Waals surface area (Å²) in [6, 6.07) is -0.311. The molecule has 0 saturated carbocycles. The fourth-order valence-electron chi connectivity index (χ4n) is 1.55. The average Bonchev–Trinajstić information content (AvgIpc) is 2.18. The zero-order valence-corrected chi connectivity index (χ0v) is 12.1. The Labute approximate surface area is 110 Å². The lowest BCUT2D eigenvalue weighted by atomic mass is 10.1. The van der Waals surface area contributed by atoms with E-state index in [1.807, 2.05) is 20.8 Å². The van der Waals surface area contributed by atoms with Crippen molar-refractivity contribution in [2.45, 2.75) is 53.0 Å². The van der Waals surface area contributed by atoms with Crippen molar-refractivity contribution in [3.05, 3.63) is 0 Å². The van der Waals surface area contributed by atoms with Gasteiger partial charge in [0, 0.05) is 12.1 Å². The maximum Gasteiger partial charge on any atom is 0.323 e. The number of rotatable bonds is 6. The first kappa shape index (κ1) is 16.7. The second kappa shape index (κ2) is 7.24. The summed E-state index contributed by atoms with van der Waals surface area (Å²) in [6.07, 6.45) is 1.96. The number of aliphatic carboxylic acids is 1. The van der Waals surface area contributed by atoms with Gasteiger partial charge >= 0.3 is 12.0 Å². The molecule has 106 valence electrons. The molecule has 0 heterocycles. The highest BCUT2D eigenvalue weighted by molar-refractivity contribution is 5.80. The number of nitrogens with one attached hydrogen (secondary N) is 1. The highest BCUT2D eigenvalue weighted by Crippen LogP contribution is 2.13. The quantitative estimate of drug-likeness (QED) is 0.718. The highest BCUT2D eigenvalue weighted by atomic mass is 16.4. The Balaban J connectivity index is 4.27. The van der Waals surface area contributed by atoms with E-state index in [4.69, 9.17) is 5.11 Å². The van der Waals surface area contributed by atoms with E-state index >= 15 is 0 Å². The highest BCUT2D eigenvalue weighted by Gasteiger charge is 2.27. The Bertz CT molecular complexity index is 282. The minimum atomic E-state index is -0.998. The molecule has 0 saturated heterocycles.